The summed E-state index contributed by atoms with van der Waals surface area (Å²) in [5.74, 6) is -0.735. The van der Waals surface area contributed by atoms with Crippen molar-refractivity contribution in [1.29, 1.82) is 0 Å². The summed E-state index contributed by atoms with van der Waals surface area (Å²) in [5, 5.41) is 2.92. The van der Waals surface area contributed by atoms with Gasteiger partial charge in [0.2, 0.25) is 11.8 Å². The van der Waals surface area contributed by atoms with Crippen LogP contribution < -0.4 is 20.7 Å². The maximum Gasteiger partial charge on any atom is 0.260 e. The van der Waals surface area contributed by atoms with Gasteiger partial charge in [-0.25, -0.2) is 0 Å². The van der Waals surface area contributed by atoms with E-state index >= 15 is 0 Å². The normalized spacial score (nSPS) is 15.0. The Morgan fingerprint density at radius 3 is 2.64 bits per heavy atom. The number of amides is 3. The van der Waals surface area contributed by atoms with E-state index in [-0.39, 0.29) is 31.4 Å². The average Bonchev–Trinajstić information content (AvgIpc) is 2.79. The zero-order chi connectivity index (χ0) is 24.0. The number of hydrogen-bond donors (Lipinski definition) is 2. The van der Waals surface area contributed by atoms with E-state index < -0.39 is 12.0 Å². The van der Waals surface area contributed by atoms with Gasteiger partial charge in [0.1, 0.15) is 5.75 Å². The number of fused-ring (bicyclic) bond motifs is 1. The number of nitrogens with one attached hydrogen (secondary N) is 1. The molecule has 0 fully saturated rings. The molecule has 0 saturated heterocycles. The van der Waals surface area contributed by atoms with Crippen molar-refractivity contribution in [3.63, 3.8) is 0 Å². The Morgan fingerprint density at radius 1 is 1.15 bits per heavy atom. The summed E-state index contributed by atoms with van der Waals surface area (Å²) in [4.78, 5) is 40.9. The molecule has 1 atom stereocenters. The molecular formula is C24H30N4O5. The van der Waals surface area contributed by atoms with Gasteiger partial charge in [-0.1, -0.05) is 24.3 Å². The van der Waals surface area contributed by atoms with Crippen molar-refractivity contribution in [2.45, 2.75) is 20.0 Å². The zero-order valence-corrected chi connectivity index (χ0v) is 19.2. The van der Waals surface area contributed by atoms with Crippen LogP contribution in [0.2, 0.25) is 0 Å². The van der Waals surface area contributed by atoms with Crippen LogP contribution in [0.3, 0.4) is 0 Å². The number of primary amides is 1. The first kappa shape index (κ1) is 24.2. The average molecular weight is 455 g/mol. The van der Waals surface area contributed by atoms with E-state index in [0.717, 1.165) is 16.8 Å². The number of carbonyl (C=O) groups is 3. The number of benzene rings is 2. The van der Waals surface area contributed by atoms with Crippen molar-refractivity contribution in [3.8, 4) is 5.75 Å². The summed E-state index contributed by atoms with van der Waals surface area (Å²) in [6.45, 7) is 4.65. The first-order chi connectivity index (χ1) is 15.8. The van der Waals surface area contributed by atoms with Crippen molar-refractivity contribution in [2.24, 2.45) is 5.73 Å². The molecule has 9 nitrogen and oxygen atoms in total. The molecule has 3 amide bonds. The third-order valence-electron chi connectivity index (χ3n) is 5.61. The van der Waals surface area contributed by atoms with Gasteiger partial charge >= 0.3 is 0 Å². The molecule has 33 heavy (non-hydrogen) atoms. The third-order valence-corrected chi connectivity index (χ3v) is 5.61. The number of para-hydroxylation sites is 2. The first-order valence-electron chi connectivity index (χ1n) is 10.7. The topological polar surface area (TPSA) is 114 Å². The Kier molecular flexibility index (Phi) is 8.02. The fourth-order valence-corrected chi connectivity index (χ4v) is 3.61. The Hall–Kier alpha value is -3.43. The minimum Gasteiger partial charge on any atom is -0.477 e. The molecule has 9 heteroatoms. The van der Waals surface area contributed by atoms with Crippen LogP contribution in [0, 0.1) is 13.8 Å². The maximum atomic E-state index is 13.2. The summed E-state index contributed by atoms with van der Waals surface area (Å²) < 4.78 is 10.8. The van der Waals surface area contributed by atoms with Gasteiger partial charge in [-0.05, 0) is 43.2 Å². The predicted octanol–water partition coefficient (Wildman–Crippen LogP) is 1.47. The fraction of sp³-hybridized carbons (Fsp3) is 0.375. The quantitative estimate of drug-likeness (QED) is 0.593. The highest BCUT2D eigenvalue weighted by molar-refractivity contribution is 5.99. The Labute approximate surface area is 193 Å². The van der Waals surface area contributed by atoms with Crippen molar-refractivity contribution in [3.05, 3.63) is 53.6 Å². The van der Waals surface area contributed by atoms with Crippen LogP contribution in [-0.2, 0) is 19.1 Å². The summed E-state index contributed by atoms with van der Waals surface area (Å²) in [6, 6.07) is 12.7. The Balaban J connectivity index is 1.72. The van der Waals surface area contributed by atoms with Crippen molar-refractivity contribution < 1.29 is 23.9 Å². The van der Waals surface area contributed by atoms with Crippen LogP contribution in [0.1, 0.15) is 11.1 Å². The van der Waals surface area contributed by atoms with Gasteiger partial charge in [-0.15, -0.1) is 0 Å². The number of ether oxygens (including phenoxy) is 2. The van der Waals surface area contributed by atoms with Gasteiger partial charge in [0.05, 0.1) is 31.9 Å². The second kappa shape index (κ2) is 10.9. The molecule has 1 aliphatic heterocycles. The molecule has 0 aromatic heterocycles. The fourth-order valence-electron chi connectivity index (χ4n) is 3.61. The standard InChI is InChI=1S/C24H30N4O5/c1-16-7-6-8-18(17(16)2)26-22(29)14-27(11-12-32-3)15-23(30)28-13-21(24(25)31)33-20-10-5-4-9-19(20)28/h4-10,21H,11-15H2,1-3H3,(H2,25,31)(H,26,29). The molecule has 0 spiro atoms. The molecule has 3 N–H and O–H groups in total. The van der Waals surface area contributed by atoms with Crippen LogP contribution in [0.5, 0.6) is 5.75 Å². The summed E-state index contributed by atoms with van der Waals surface area (Å²) in [6.07, 6.45) is -0.941. The molecule has 2 aromatic carbocycles. The van der Waals surface area contributed by atoms with Crippen molar-refractivity contribution >= 4 is 29.1 Å². The lowest BCUT2D eigenvalue weighted by Gasteiger charge is -2.34. The van der Waals surface area contributed by atoms with Crippen molar-refractivity contribution in [2.75, 3.05) is 50.1 Å². The van der Waals surface area contributed by atoms with Gasteiger partial charge in [0.25, 0.3) is 5.91 Å². The van der Waals surface area contributed by atoms with E-state index in [1.165, 1.54) is 4.90 Å². The minimum absolute atomic E-state index is 0.00766. The largest absolute Gasteiger partial charge is 0.477 e. The van der Waals surface area contributed by atoms with Crippen LogP contribution in [-0.4, -0.2) is 68.6 Å². The highest BCUT2D eigenvalue weighted by Gasteiger charge is 2.33. The molecular weight excluding hydrogens is 424 g/mol. The van der Waals surface area contributed by atoms with Gasteiger partial charge in [0.15, 0.2) is 6.10 Å². The number of aryl methyl sites for hydroxylation is 1. The Morgan fingerprint density at radius 2 is 1.91 bits per heavy atom. The summed E-state index contributed by atoms with van der Waals surface area (Å²) in [7, 11) is 1.56. The van der Waals surface area contributed by atoms with Gasteiger partial charge in [0, 0.05) is 19.3 Å². The van der Waals surface area contributed by atoms with Crippen LogP contribution in [0.15, 0.2) is 42.5 Å². The molecule has 0 bridgehead atoms. The van der Waals surface area contributed by atoms with Crippen LogP contribution in [0.25, 0.3) is 0 Å². The van der Waals surface area contributed by atoms with Gasteiger partial charge in [-0.2, -0.15) is 0 Å². The second-order valence-corrected chi connectivity index (χ2v) is 7.98. The van der Waals surface area contributed by atoms with E-state index in [1.807, 2.05) is 32.0 Å². The molecule has 0 radical (unpaired) electrons. The Bertz CT molecular complexity index is 1030. The molecule has 0 aliphatic carbocycles. The molecule has 1 aliphatic rings. The van der Waals surface area contributed by atoms with E-state index in [4.69, 9.17) is 15.2 Å². The maximum absolute atomic E-state index is 13.2. The lowest BCUT2D eigenvalue weighted by Crippen LogP contribution is -2.52. The summed E-state index contributed by atoms with van der Waals surface area (Å²) in [5.41, 5.74) is 8.81. The lowest BCUT2D eigenvalue weighted by atomic mass is 10.1. The minimum atomic E-state index is -0.941. The second-order valence-electron chi connectivity index (χ2n) is 7.98. The monoisotopic (exact) mass is 454 g/mol. The highest BCUT2D eigenvalue weighted by Crippen LogP contribution is 2.33. The first-order valence-corrected chi connectivity index (χ1v) is 10.7. The molecule has 0 saturated carbocycles. The van der Waals surface area contributed by atoms with Crippen molar-refractivity contribution in [1.82, 2.24) is 4.90 Å². The number of nitrogens with zero attached hydrogens (tertiary/aromatic N) is 2. The van der Waals surface area contributed by atoms with E-state index in [1.54, 1.807) is 36.3 Å². The molecule has 2 aromatic rings. The predicted molar refractivity (Wildman–Crippen MR) is 125 cm³/mol. The number of anilines is 2. The van der Waals surface area contributed by atoms with Gasteiger partial charge in [-0.3, -0.25) is 19.3 Å². The van der Waals surface area contributed by atoms with Gasteiger partial charge < -0.3 is 25.4 Å². The van der Waals surface area contributed by atoms with Crippen LogP contribution in [0.4, 0.5) is 11.4 Å². The smallest absolute Gasteiger partial charge is 0.260 e. The third kappa shape index (κ3) is 6.09. The molecule has 1 unspecified atom stereocenters. The number of methoxy groups -OCH3 is 1. The van der Waals surface area contributed by atoms with E-state index in [9.17, 15) is 14.4 Å². The zero-order valence-electron chi connectivity index (χ0n) is 19.2. The highest BCUT2D eigenvalue weighted by atomic mass is 16.5. The van der Waals surface area contributed by atoms with E-state index in [2.05, 4.69) is 5.32 Å². The van der Waals surface area contributed by atoms with Crippen LogP contribution >= 0.6 is 0 Å². The molecule has 1 heterocycles. The number of nitrogens with two attached hydrogens (primary N) is 1. The molecule has 3 rings (SSSR count). The SMILES string of the molecule is COCCN(CC(=O)Nc1cccc(C)c1C)CC(=O)N1CC(C(N)=O)Oc2ccccc21. The van der Waals surface area contributed by atoms with E-state index in [0.29, 0.717) is 24.6 Å². The molecule has 176 valence electrons. The number of carbonyl (C=O) groups excluding carboxylic acids is 3. The summed E-state index contributed by atoms with van der Waals surface area (Å²) >= 11 is 0. The lowest BCUT2D eigenvalue weighted by molar-refractivity contribution is -0.125. The number of hydrogen-bond acceptors (Lipinski definition) is 6. The number of rotatable bonds is 9.